The molecule has 0 aliphatic carbocycles. The van der Waals surface area contributed by atoms with Crippen molar-refractivity contribution in [2.24, 2.45) is 0 Å². The van der Waals surface area contributed by atoms with Crippen LogP contribution in [0.3, 0.4) is 0 Å². The van der Waals surface area contributed by atoms with Crippen molar-refractivity contribution in [3.63, 3.8) is 0 Å². The van der Waals surface area contributed by atoms with Crippen molar-refractivity contribution in [2.75, 3.05) is 11.9 Å². The van der Waals surface area contributed by atoms with Crippen molar-refractivity contribution < 1.29 is 5.11 Å². The molecule has 2 aromatic rings. The number of anilines is 1. The second kappa shape index (κ2) is 6.55. The number of halogens is 2. The SMILES string of the molecule is CN(Cc1ccccc1Br)c1cc(Br)ccc1CO. The highest BCUT2D eigenvalue weighted by molar-refractivity contribution is 9.10. The quantitative estimate of drug-likeness (QED) is 0.847. The second-order valence-corrected chi connectivity index (χ2v) is 6.15. The average Bonchev–Trinajstić information content (AvgIpc) is 2.41. The third-order valence-corrected chi connectivity index (χ3v) is 4.26. The lowest BCUT2D eigenvalue weighted by Crippen LogP contribution is -2.18. The van der Waals surface area contributed by atoms with Crippen LogP contribution in [0, 0.1) is 0 Å². The fourth-order valence-electron chi connectivity index (χ4n) is 1.99. The Hall–Kier alpha value is -0.840. The van der Waals surface area contributed by atoms with E-state index in [1.54, 1.807) is 0 Å². The molecule has 0 aromatic heterocycles. The van der Waals surface area contributed by atoms with Gasteiger partial charge >= 0.3 is 0 Å². The number of hydrogen-bond donors (Lipinski definition) is 1. The first-order chi connectivity index (χ1) is 9.11. The van der Waals surface area contributed by atoms with Gasteiger partial charge in [0.25, 0.3) is 0 Å². The summed E-state index contributed by atoms with van der Waals surface area (Å²) >= 11 is 7.04. The molecule has 0 amide bonds. The summed E-state index contributed by atoms with van der Waals surface area (Å²) in [4.78, 5) is 2.14. The standard InChI is InChI=1S/C15H15Br2NO/c1-18(9-11-4-2-3-5-14(11)17)15-8-13(16)7-6-12(15)10-19/h2-8,19H,9-10H2,1H3. The van der Waals surface area contributed by atoms with Crippen LogP contribution in [-0.4, -0.2) is 12.2 Å². The Balaban J connectivity index is 2.27. The van der Waals surface area contributed by atoms with Gasteiger partial charge in [0.2, 0.25) is 0 Å². The lowest BCUT2D eigenvalue weighted by atomic mass is 10.1. The Kier molecular flexibility index (Phi) is 5.02. The topological polar surface area (TPSA) is 23.5 Å². The van der Waals surface area contributed by atoms with E-state index in [1.807, 2.05) is 43.4 Å². The highest BCUT2D eigenvalue weighted by atomic mass is 79.9. The first-order valence-corrected chi connectivity index (χ1v) is 7.54. The van der Waals surface area contributed by atoms with E-state index >= 15 is 0 Å². The normalized spacial score (nSPS) is 10.5. The van der Waals surface area contributed by atoms with Crippen LogP contribution in [0.4, 0.5) is 5.69 Å². The molecular weight excluding hydrogens is 370 g/mol. The molecule has 0 radical (unpaired) electrons. The van der Waals surface area contributed by atoms with Crippen LogP contribution >= 0.6 is 31.9 Å². The molecular formula is C15H15Br2NO. The van der Waals surface area contributed by atoms with Gasteiger partial charge in [-0.2, -0.15) is 0 Å². The fraction of sp³-hybridized carbons (Fsp3) is 0.200. The van der Waals surface area contributed by atoms with Gasteiger partial charge < -0.3 is 10.0 Å². The van der Waals surface area contributed by atoms with Gasteiger partial charge in [-0.3, -0.25) is 0 Å². The molecule has 100 valence electrons. The first-order valence-electron chi connectivity index (χ1n) is 5.95. The highest BCUT2D eigenvalue weighted by Crippen LogP contribution is 2.27. The molecule has 0 aliphatic heterocycles. The zero-order valence-corrected chi connectivity index (χ0v) is 13.8. The first kappa shape index (κ1) is 14.6. The maximum absolute atomic E-state index is 9.43. The number of nitrogens with zero attached hydrogens (tertiary/aromatic N) is 1. The van der Waals surface area contributed by atoms with E-state index in [1.165, 1.54) is 5.56 Å². The number of aliphatic hydroxyl groups excluding tert-OH is 1. The van der Waals surface area contributed by atoms with Gasteiger partial charge in [-0.25, -0.2) is 0 Å². The molecule has 0 spiro atoms. The second-order valence-electron chi connectivity index (χ2n) is 4.38. The zero-order valence-electron chi connectivity index (χ0n) is 10.6. The number of hydrogen-bond acceptors (Lipinski definition) is 2. The maximum atomic E-state index is 9.43. The summed E-state index contributed by atoms with van der Waals surface area (Å²) in [5.41, 5.74) is 3.18. The predicted molar refractivity (Wildman–Crippen MR) is 86.3 cm³/mol. The van der Waals surface area contributed by atoms with Crippen molar-refractivity contribution >= 4 is 37.5 Å². The lowest BCUT2D eigenvalue weighted by molar-refractivity contribution is 0.282. The molecule has 0 heterocycles. The third-order valence-electron chi connectivity index (χ3n) is 2.99. The molecule has 19 heavy (non-hydrogen) atoms. The summed E-state index contributed by atoms with van der Waals surface area (Å²) in [5.74, 6) is 0. The van der Waals surface area contributed by atoms with Gasteiger partial charge in [0.15, 0.2) is 0 Å². The van der Waals surface area contributed by atoms with Crippen LogP contribution in [0.5, 0.6) is 0 Å². The largest absolute Gasteiger partial charge is 0.392 e. The Labute approximate surface area is 130 Å². The van der Waals surface area contributed by atoms with E-state index in [9.17, 15) is 5.11 Å². The van der Waals surface area contributed by atoms with Crippen LogP contribution in [-0.2, 0) is 13.2 Å². The summed E-state index contributed by atoms with van der Waals surface area (Å²) in [6, 6.07) is 14.1. The van der Waals surface area contributed by atoms with E-state index in [4.69, 9.17) is 0 Å². The van der Waals surface area contributed by atoms with Gasteiger partial charge in [0.1, 0.15) is 0 Å². The Bertz CT molecular complexity index is 572. The van der Waals surface area contributed by atoms with Gasteiger partial charge in [-0.05, 0) is 23.8 Å². The van der Waals surface area contributed by atoms with Gasteiger partial charge in [0.05, 0.1) is 6.61 Å². The van der Waals surface area contributed by atoms with Crippen molar-refractivity contribution in [1.82, 2.24) is 0 Å². The van der Waals surface area contributed by atoms with Gasteiger partial charge in [-0.1, -0.05) is 56.1 Å². The van der Waals surface area contributed by atoms with E-state index in [0.29, 0.717) is 0 Å². The van der Waals surface area contributed by atoms with Crippen LogP contribution in [0.15, 0.2) is 51.4 Å². The number of benzene rings is 2. The summed E-state index contributed by atoms with van der Waals surface area (Å²) in [6.45, 7) is 0.827. The van der Waals surface area contributed by atoms with Crippen LogP contribution in [0.1, 0.15) is 11.1 Å². The average molecular weight is 385 g/mol. The molecule has 2 rings (SSSR count). The van der Waals surface area contributed by atoms with Crippen LogP contribution in [0.25, 0.3) is 0 Å². The number of aliphatic hydroxyl groups is 1. The molecule has 0 atom stereocenters. The van der Waals surface area contributed by atoms with Gasteiger partial charge in [-0.15, -0.1) is 0 Å². The maximum Gasteiger partial charge on any atom is 0.0702 e. The predicted octanol–water partition coefficient (Wildman–Crippen LogP) is 4.34. The van der Waals surface area contributed by atoms with E-state index < -0.39 is 0 Å². The molecule has 1 N–H and O–H groups in total. The minimum absolute atomic E-state index is 0.0446. The van der Waals surface area contributed by atoms with Gasteiger partial charge in [0, 0.05) is 33.8 Å². The molecule has 0 aliphatic rings. The fourth-order valence-corrected chi connectivity index (χ4v) is 2.75. The summed E-state index contributed by atoms with van der Waals surface area (Å²) < 4.78 is 2.11. The van der Waals surface area contributed by atoms with E-state index in [2.05, 4.69) is 42.8 Å². The lowest BCUT2D eigenvalue weighted by Gasteiger charge is -2.23. The molecule has 0 saturated heterocycles. The zero-order chi connectivity index (χ0) is 13.8. The molecule has 0 fully saturated rings. The summed E-state index contributed by atoms with van der Waals surface area (Å²) in [5, 5.41) is 9.43. The minimum Gasteiger partial charge on any atom is -0.392 e. The van der Waals surface area contributed by atoms with E-state index in [0.717, 1.165) is 26.7 Å². The molecule has 4 heteroatoms. The van der Waals surface area contributed by atoms with Crippen molar-refractivity contribution in [3.05, 3.63) is 62.5 Å². The Morgan fingerprint density at radius 2 is 1.79 bits per heavy atom. The van der Waals surface area contributed by atoms with Crippen LogP contribution in [0.2, 0.25) is 0 Å². The molecule has 0 saturated carbocycles. The highest BCUT2D eigenvalue weighted by Gasteiger charge is 2.09. The van der Waals surface area contributed by atoms with Crippen LogP contribution < -0.4 is 4.90 Å². The van der Waals surface area contributed by atoms with Crippen molar-refractivity contribution in [3.8, 4) is 0 Å². The molecule has 0 bridgehead atoms. The van der Waals surface area contributed by atoms with Crippen molar-refractivity contribution in [2.45, 2.75) is 13.2 Å². The number of rotatable bonds is 4. The summed E-state index contributed by atoms with van der Waals surface area (Å²) in [6.07, 6.45) is 0. The monoisotopic (exact) mass is 383 g/mol. The molecule has 2 aromatic carbocycles. The molecule has 2 nitrogen and oxygen atoms in total. The minimum atomic E-state index is 0.0446. The molecule has 0 unspecified atom stereocenters. The van der Waals surface area contributed by atoms with E-state index in [-0.39, 0.29) is 6.61 Å². The smallest absolute Gasteiger partial charge is 0.0702 e. The Morgan fingerprint density at radius 3 is 2.47 bits per heavy atom. The third kappa shape index (κ3) is 3.59. The Morgan fingerprint density at radius 1 is 1.05 bits per heavy atom. The van der Waals surface area contributed by atoms with Crippen molar-refractivity contribution in [1.29, 1.82) is 0 Å². The summed E-state index contributed by atoms with van der Waals surface area (Å²) in [7, 11) is 2.03.